The van der Waals surface area contributed by atoms with Crippen molar-refractivity contribution in [2.75, 3.05) is 13.1 Å². The predicted octanol–water partition coefficient (Wildman–Crippen LogP) is 3.92. The Morgan fingerprint density at radius 1 is 1.06 bits per heavy atom. The number of ether oxygens (including phenoxy) is 2. The van der Waals surface area contributed by atoms with Gasteiger partial charge in [-0.2, -0.15) is 13.2 Å². The van der Waals surface area contributed by atoms with Crippen molar-refractivity contribution < 1.29 is 31.8 Å². The SMILES string of the molecule is O=C(Oc1ccccc1)N1C[C@@H]2C[C@@H](Oc3cnc(C4CC4)cn3)CN2C(F)C1C(F)(F)F. The molecule has 3 heterocycles. The standard InChI is InChI=1S/C22H22F4N4O3/c23-20-19(22(24,25)26)30(21(31)33-15-4-2-1-3-5-15)11-14-8-16(12-29(14)20)32-18-10-27-17(9-28-18)13-6-7-13/h1-5,9-10,13-14,16,19-20H,6-8,11-12H2/t14-,16+,19?,20?/m0/s1. The number of halogens is 4. The van der Waals surface area contributed by atoms with E-state index in [4.69, 9.17) is 9.47 Å². The zero-order chi connectivity index (χ0) is 23.2. The Hall–Kier alpha value is -2.95. The molecule has 1 amide bonds. The second-order valence-electron chi connectivity index (χ2n) is 8.57. The topological polar surface area (TPSA) is 67.8 Å². The average molecular weight is 466 g/mol. The summed E-state index contributed by atoms with van der Waals surface area (Å²) in [6, 6.07) is 4.44. The van der Waals surface area contributed by atoms with Crippen LogP contribution >= 0.6 is 0 Å². The molecule has 4 atom stereocenters. The van der Waals surface area contributed by atoms with E-state index in [9.17, 15) is 18.0 Å². The van der Waals surface area contributed by atoms with Crippen LogP contribution in [0, 0.1) is 0 Å². The van der Waals surface area contributed by atoms with Gasteiger partial charge in [-0.25, -0.2) is 14.2 Å². The van der Waals surface area contributed by atoms with Crippen molar-refractivity contribution in [3.8, 4) is 11.6 Å². The third kappa shape index (κ3) is 4.59. The number of piperazine rings is 1. The summed E-state index contributed by atoms with van der Waals surface area (Å²) in [5.74, 6) is 0.759. The highest BCUT2D eigenvalue weighted by Gasteiger charge is 2.59. The molecule has 1 aromatic heterocycles. The van der Waals surface area contributed by atoms with Crippen molar-refractivity contribution in [1.29, 1.82) is 0 Å². The fourth-order valence-corrected chi connectivity index (χ4v) is 4.45. The van der Waals surface area contributed by atoms with Crippen LogP contribution in [-0.4, -0.2) is 69.6 Å². The maximum atomic E-state index is 15.2. The molecule has 0 spiro atoms. The first-order valence-electron chi connectivity index (χ1n) is 10.8. The molecule has 11 heteroatoms. The number of carbonyl (C=O) groups is 1. The van der Waals surface area contributed by atoms with Gasteiger partial charge in [-0.3, -0.25) is 14.8 Å². The summed E-state index contributed by atoms with van der Waals surface area (Å²) in [6.07, 6.45) is -3.71. The van der Waals surface area contributed by atoms with Gasteiger partial charge in [0.15, 0.2) is 12.3 Å². The zero-order valence-electron chi connectivity index (χ0n) is 17.5. The lowest BCUT2D eigenvalue weighted by Gasteiger charge is -2.45. The van der Waals surface area contributed by atoms with Crippen molar-refractivity contribution in [2.24, 2.45) is 0 Å². The number of hydrogen-bond acceptors (Lipinski definition) is 6. The van der Waals surface area contributed by atoms with E-state index in [1.165, 1.54) is 18.3 Å². The molecular formula is C22H22F4N4O3. The fraction of sp³-hybridized carbons (Fsp3) is 0.500. The van der Waals surface area contributed by atoms with E-state index in [-0.39, 0.29) is 31.1 Å². The molecule has 1 aliphatic carbocycles. The number of hydrogen-bond donors (Lipinski definition) is 0. The summed E-state index contributed by atoms with van der Waals surface area (Å²) in [5.41, 5.74) is 0.885. The van der Waals surface area contributed by atoms with Gasteiger partial charge in [0.1, 0.15) is 11.9 Å². The monoisotopic (exact) mass is 466 g/mol. The fourth-order valence-electron chi connectivity index (χ4n) is 4.45. The van der Waals surface area contributed by atoms with E-state index in [1.807, 2.05) is 0 Å². The maximum absolute atomic E-state index is 15.2. The number of benzene rings is 1. The quantitative estimate of drug-likeness (QED) is 0.503. The van der Waals surface area contributed by atoms with Gasteiger partial charge in [0.05, 0.1) is 18.1 Å². The van der Waals surface area contributed by atoms with Crippen LogP contribution in [0.5, 0.6) is 11.6 Å². The molecule has 1 saturated carbocycles. The van der Waals surface area contributed by atoms with Crippen molar-refractivity contribution in [3.05, 3.63) is 48.4 Å². The number of rotatable bonds is 4. The molecule has 0 bridgehead atoms. The lowest BCUT2D eigenvalue weighted by molar-refractivity contribution is -0.226. The van der Waals surface area contributed by atoms with Crippen molar-refractivity contribution in [1.82, 2.24) is 19.8 Å². The molecule has 0 radical (unpaired) electrons. The number of nitrogens with zero attached hydrogens (tertiary/aromatic N) is 4. The van der Waals surface area contributed by atoms with Crippen LogP contribution in [0.1, 0.15) is 30.9 Å². The maximum Gasteiger partial charge on any atom is 0.416 e. The molecule has 2 aromatic rings. The number of carbonyl (C=O) groups excluding carboxylic acids is 1. The highest BCUT2D eigenvalue weighted by molar-refractivity contribution is 5.71. The molecule has 0 N–H and O–H groups in total. The third-order valence-electron chi connectivity index (χ3n) is 6.19. The molecule has 33 heavy (non-hydrogen) atoms. The van der Waals surface area contributed by atoms with Crippen LogP contribution in [-0.2, 0) is 0 Å². The number of alkyl halides is 4. The van der Waals surface area contributed by atoms with Gasteiger partial charge >= 0.3 is 12.3 Å². The summed E-state index contributed by atoms with van der Waals surface area (Å²) >= 11 is 0. The molecule has 5 rings (SSSR count). The van der Waals surface area contributed by atoms with Gasteiger partial charge < -0.3 is 9.47 Å². The van der Waals surface area contributed by atoms with Gasteiger partial charge in [0.2, 0.25) is 5.88 Å². The summed E-state index contributed by atoms with van der Waals surface area (Å²) < 4.78 is 67.4. The zero-order valence-corrected chi connectivity index (χ0v) is 17.5. The molecule has 3 aliphatic rings. The number of aromatic nitrogens is 2. The third-order valence-corrected chi connectivity index (χ3v) is 6.19. The highest BCUT2D eigenvalue weighted by atomic mass is 19.4. The van der Waals surface area contributed by atoms with Crippen molar-refractivity contribution in [3.63, 3.8) is 0 Å². The van der Waals surface area contributed by atoms with E-state index in [1.54, 1.807) is 24.4 Å². The average Bonchev–Trinajstić information content (AvgIpc) is 3.54. The minimum absolute atomic E-state index is 0.0496. The summed E-state index contributed by atoms with van der Waals surface area (Å²) in [6.45, 7) is -0.380. The molecule has 2 unspecified atom stereocenters. The Kier molecular flexibility index (Phi) is 5.59. The Morgan fingerprint density at radius 2 is 1.82 bits per heavy atom. The van der Waals surface area contributed by atoms with Gasteiger partial charge in [-0.1, -0.05) is 18.2 Å². The Labute approximate surface area is 187 Å². The molecule has 2 aliphatic heterocycles. The van der Waals surface area contributed by atoms with Crippen LogP contribution in [0.2, 0.25) is 0 Å². The Bertz CT molecular complexity index is 987. The van der Waals surface area contributed by atoms with E-state index in [0.29, 0.717) is 10.8 Å². The Morgan fingerprint density at radius 3 is 2.45 bits per heavy atom. The van der Waals surface area contributed by atoms with E-state index in [2.05, 4.69) is 9.97 Å². The largest absolute Gasteiger partial charge is 0.472 e. The van der Waals surface area contributed by atoms with Crippen molar-refractivity contribution >= 4 is 6.09 Å². The van der Waals surface area contributed by atoms with E-state index in [0.717, 1.165) is 23.4 Å². The molecule has 1 aromatic carbocycles. The van der Waals surface area contributed by atoms with Gasteiger partial charge in [-0.05, 0) is 25.0 Å². The smallest absolute Gasteiger partial charge is 0.416 e. The van der Waals surface area contributed by atoms with Crippen LogP contribution in [0.15, 0.2) is 42.7 Å². The first-order chi connectivity index (χ1) is 15.8. The first-order valence-corrected chi connectivity index (χ1v) is 10.8. The van der Waals surface area contributed by atoms with Crippen LogP contribution in [0.4, 0.5) is 22.4 Å². The second kappa shape index (κ2) is 8.44. The summed E-state index contributed by atoms with van der Waals surface area (Å²) in [4.78, 5) is 22.7. The minimum atomic E-state index is -4.97. The number of para-hydroxylation sites is 1. The predicted molar refractivity (Wildman–Crippen MR) is 107 cm³/mol. The Balaban J connectivity index is 1.30. The molecule has 3 fully saturated rings. The molecule has 176 valence electrons. The first kappa shape index (κ1) is 21.9. The lowest BCUT2D eigenvalue weighted by Crippen LogP contribution is -2.66. The van der Waals surface area contributed by atoms with E-state index >= 15 is 4.39 Å². The van der Waals surface area contributed by atoms with Crippen molar-refractivity contribution in [2.45, 2.75) is 55.8 Å². The molecule has 2 saturated heterocycles. The normalized spacial score (nSPS) is 27.8. The van der Waals surface area contributed by atoms with Gasteiger partial charge in [0.25, 0.3) is 0 Å². The van der Waals surface area contributed by atoms with Gasteiger partial charge in [-0.15, -0.1) is 0 Å². The molecule has 7 nitrogen and oxygen atoms in total. The number of fused-ring (bicyclic) bond motifs is 1. The van der Waals surface area contributed by atoms with Crippen LogP contribution in [0.3, 0.4) is 0 Å². The summed E-state index contributed by atoms with van der Waals surface area (Å²) in [7, 11) is 0. The molecular weight excluding hydrogens is 444 g/mol. The van der Waals surface area contributed by atoms with Crippen LogP contribution < -0.4 is 9.47 Å². The highest BCUT2D eigenvalue weighted by Crippen LogP contribution is 2.40. The van der Waals surface area contributed by atoms with Crippen LogP contribution in [0.25, 0.3) is 0 Å². The lowest BCUT2D eigenvalue weighted by atomic mass is 10.1. The minimum Gasteiger partial charge on any atom is -0.472 e. The second-order valence-corrected chi connectivity index (χ2v) is 8.57. The summed E-state index contributed by atoms with van der Waals surface area (Å²) in [5, 5.41) is 0. The van der Waals surface area contributed by atoms with Gasteiger partial charge in [0, 0.05) is 31.5 Å². The van der Waals surface area contributed by atoms with E-state index < -0.39 is 36.8 Å². The number of amides is 1.